The third-order valence-electron chi connectivity index (χ3n) is 3.80. The Morgan fingerprint density at radius 2 is 2.18 bits per heavy atom. The maximum Gasteiger partial charge on any atom is 0.236 e. The lowest BCUT2D eigenvalue weighted by Gasteiger charge is -2.31. The van der Waals surface area contributed by atoms with E-state index in [4.69, 9.17) is 4.74 Å². The van der Waals surface area contributed by atoms with E-state index in [0.717, 1.165) is 39.2 Å². The van der Waals surface area contributed by atoms with Crippen LogP contribution in [-0.4, -0.2) is 74.2 Å². The van der Waals surface area contributed by atoms with Crippen LogP contribution in [0.5, 0.6) is 0 Å². The van der Waals surface area contributed by atoms with Crippen molar-refractivity contribution in [3.63, 3.8) is 0 Å². The first-order valence-electron chi connectivity index (χ1n) is 6.49. The average molecular weight is 241 g/mol. The van der Waals surface area contributed by atoms with Crippen LogP contribution in [0.1, 0.15) is 13.3 Å². The van der Waals surface area contributed by atoms with Gasteiger partial charge < -0.3 is 15.0 Å². The molecule has 2 rings (SSSR count). The minimum Gasteiger partial charge on any atom is -0.376 e. The zero-order chi connectivity index (χ0) is 12.3. The highest BCUT2D eigenvalue weighted by Crippen LogP contribution is 2.18. The largest absolute Gasteiger partial charge is 0.376 e. The van der Waals surface area contributed by atoms with Gasteiger partial charge in [0, 0.05) is 39.8 Å². The minimum atomic E-state index is 0.173. The van der Waals surface area contributed by atoms with Crippen molar-refractivity contribution in [1.29, 1.82) is 0 Å². The third-order valence-corrected chi connectivity index (χ3v) is 3.80. The summed E-state index contributed by atoms with van der Waals surface area (Å²) >= 11 is 0. The molecule has 0 aromatic heterocycles. The van der Waals surface area contributed by atoms with Gasteiger partial charge in [-0.25, -0.2) is 0 Å². The molecule has 5 nitrogen and oxygen atoms in total. The zero-order valence-corrected chi connectivity index (χ0v) is 10.8. The van der Waals surface area contributed by atoms with Gasteiger partial charge in [-0.3, -0.25) is 9.69 Å². The molecule has 0 aromatic rings. The van der Waals surface area contributed by atoms with Gasteiger partial charge in [0.15, 0.2) is 0 Å². The molecule has 2 fully saturated rings. The molecule has 0 aliphatic carbocycles. The second-order valence-corrected chi connectivity index (χ2v) is 4.96. The quantitative estimate of drug-likeness (QED) is 0.725. The molecule has 17 heavy (non-hydrogen) atoms. The van der Waals surface area contributed by atoms with Crippen molar-refractivity contribution in [2.75, 3.05) is 46.4 Å². The van der Waals surface area contributed by atoms with Crippen LogP contribution in [-0.2, 0) is 9.53 Å². The van der Waals surface area contributed by atoms with E-state index in [0.29, 0.717) is 6.54 Å². The minimum absolute atomic E-state index is 0.173. The molecule has 2 heterocycles. The van der Waals surface area contributed by atoms with Crippen LogP contribution in [0.3, 0.4) is 0 Å². The van der Waals surface area contributed by atoms with Crippen LogP contribution >= 0.6 is 0 Å². The number of carbonyl (C=O) groups excluding carboxylic acids is 1. The zero-order valence-electron chi connectivity index (χ0n) is 10.8. The first kappa shape index (κ1) is 12.8. The molecule has 0 spiro atoms. The van der Waals surface area contributed by atoms with Crippen LogP contribution in [0.15, 0.2) is 0 Å². The van der Waals surface area contributed by atoms with E-state index in [2.05, 4.69) is 10.2 Å². The Balaban J connectivity index is 1.81. The maximum absolute atomic E-state index is 12.2. The fourth-order valence-corrected chi connectivity index (χ4v) is 2.59. The van der Waals surface area contributed by atoms with Gasteiger partial charge in [-0.1, -0.05) is 0 Å². The molecule has 2 atom stereocenters. The summed E-state index contributed by atoms with van der Waals surface area (Å²) < 4.78 is 5.51. The molecule has 2 saturated heterocycles. The van der Waals surface area contributed by atoms with Crippen LogP contribution in [0.4, 0.5) is 0 Å². The predicted octanol–water partition coefficient (Wildman–Crippen LogP) is -0.473. The summed E-state index contributed by atoms with van der Waals surface area (Å²) in [5.74, 6) is 0.217. The van der Waals surface area contributed by atoms with Crippen molar-refractivity contribution in [3.8, 4) is 0 Å². The molecule has 0 saturated carbocycles. The van der Waals surface area contributed by atoms with E-state index in [9.17, 15) is 4.79 Å². The second-order valence-electron chi connectivity index (χ2n) is 4.96. The Morgan fingerprint density at radius 1 is 1.47 bits per heavy atom. The monoisotopic (exact) mass is 241 g/mol. The smallest absolute Gasteiger partial charge is 0.236 e. The molecule has 0 radical (unpaired) electrons. The lowest BCUT2D eigenvalue weighted by molar-refractivity contribution is -0.134. The van der Waals surface area contributed by atoms with Gasteiger partial charge in [0.1, 0.15) is 0 Å². The molecule has 1 N–H and O–H groups in total. The number of carbonyl (C=O) groups is 1. The molecule has 2 aliphatic heterocycles. The second kappa shape index (κ2) is 5.80. The summed E-state index contributed by atoms with van der Waals surface area (Å²) in [6.07, 6.45) is 1.14. The normalized spacial score (nSPS) is 30.5. The average Bonchev–Trinajstić information content (AvgIpc) is 2.76. The standard InChI is InChI=1S/C12H23N3O2/c1-10-11(3-8-17-10)14(2)12(16)9-15-6-4-13-5-7-15/h10-11,13H,3-9H2,1-2H3. The fourth-order valence-electron chi connectivity index (χ4n) is 2.59. The van der Waals surface area contributed by atoms with Gasteiger partial charge in [-0.2, -0.15) is 0 Å². The topological polar surface area (TPSA) is 44.8 Å². The van der Waals surface area contributed by atoms with E-state index in [1.165, 1.54) is 0 Å². The number of nitrogens with zero attached hydrogens (tertiary/aromatic N) is 2. The van der Waals surface area contributed by atoms with E-state index in [-0.39, 0.29) is 18.1 Å². The summed E-state index contributed by atoms with van der Waals surface area (Å²) in [5, 5.41) is 3.29. The third kappa shape index (κ3) is 3.18. The Labute approximate surface area is 103 Å². The molecular formula is C12H23N3O2. The summed E-state index contributed by atoms with van der Waals surface area (Å²) in [6.45, 7) is 7.28. The molecule has 2 aliphatic rings. The number of amides is 1. The lowest BCUT2D eigenvalue weighted by atomic mass is 10.1. The van der Waals surface area contributed by atoms with E-state index in [1.807, 2.05) is 18.9 Å². The number of hydrogen-bond donors (Lipinski definition) is 1. The molecule has 2 unspecified atom stereocenters. The summed E-state index contributed by atoms with van der Waals surface area (Å²) in [4.78, 5) is 16.2. The Bertz CT molecular complexity index is 266. The highest BCUT2D eigenvalue weighted by molar-refractivity contribution is 5.78. The van der Waals surface area contributed by atoms with Crippen LogP contribution < -0.4 is 5.32 Å². The first-order valence-corrected chi connectivity index (χ1v) is 6.49. The number of piperazine rings is 1. The van der Waals surface area contributed by atoms with Crippen LogP contribution in [0, 0.1) is 0 Å². The Kier molecular flexibility index (Phi) is 4.36. The predicted molar refractivity (Wildman–Crippen MR) is 65.9 cm³/mol. The molecular weight excluding hydrogens is 218 g/mol. The van der Waals surface area contributed by atoms with E-state index < -0.39 is 0 Å². The van der Waals surface area contributed by atoms with Gasteiger partial charge >= 0.3 is 0 Å². The van der Waals surface area contributed by atoms with Crippen LogP contribution in [0.25, 0.3) is 0 Å². The summed E-state index contributed by atoms with van der Waals surface area (Å²) in [6, 6.07) is 0.255. The van der Waals surface area contributed by atoms with Gasteiger partial charge in [0.05, 0.1) is 18.7 Å². The molecule has 98 valence electrons. The fraction of sp³-hybridized carbons (Fsp3) is 0.917. The highest BCUT2D eigenvalue weighted by atomic mass is 16.5. The van der Waals surface area contributed by atoms with Crippen molar-refractivity contribution < 1.29 is 9.53 Å². The van der Waals surface area contributed by atoms with E-state index >= 15 is 0 Å². The molecule has 0 aromatic carbocycles. The Hall–Kier alpha value is -0.650. The van der Waals surface area contributed by atoms with Crippen molar-refractivity contribution in [3.05, 3.63) is 0 Å². The number of ether oxygens (including phenoxy) is 1. The van der Waals surface area contributed by atoms with Crippen molar-refractivity contribution in [2.24, 2.45) is 0 Å². The number of likely N-dealkylation sites (N-methyl/N-ethyl adjacent to an activating group) is 1. The summed E-state index contributed by atoms with van der Waals surface area (Å²) in [7, 11) is 1.90. The SMILES string of the molecule is CC1OCCC1N(C)C(=O)CN1CCNCC1. The number of rotatable bonds is 3. The van der Waals surface area contributed by atoms with Gasteiger partial charge in [-0.15, -0.1) is 0 Å². The Morgan fingerprint density at radius 3 is 2.76 bits per heavy atom. The highest BCUT2D eigenvalue weighted by Gasteiger charge is 2.31. The van der Waals surface area contributed by atoms with Gasteiger partial charge in [0.25, 0.3) is 0 Å². The number of hydrogen-bond acceptors (Lipinski definition) is 4. The summed E-state index contributed by atoms with van der Waals surface area (Å²) in [5.41, 5.74) is 0. The molecule has 5 heteroatoms. The van der Waals surface area contributed by atoms with Crippen LogP contribution in [0.2, 0.25) is 0 Å². The first-order chi connectivity index (χ1) is 8.18. The van der Waals surface area contributed by atoms with Gasteiger partial charge in [0.2, 0.25) is 5.91 Å². The molecule has 0 bridgehead atoms. The lowest BCUT2D eigenvalue weighted by Crippen LogP contribution is -2.50. The van der Waals surface area contributed by atoms with Crippen molar-refractivity contribution >= 4 is 5.91 Å². The molecule has 1 amide bonds. The number of nitrogens with one attached hydrogen (secondary N) is 1. The maximum atomic E-state index is 12.2. The van der Waals surface area contributed by atoms with Crippen molar-refractivity contribution in [1.82, 2.24) is 15.1 Å². The van der Waals surface area contributed by atoms with E-state index in [1.54, 1.807) is 0 Å². The van der Waals surface area contributed by atoms with Crippen molar-refractivity contribution in [2.45, 2.75) is 25.5 Å². The van der Waals surface area contributed by atoms with Gasteiger partial charge in [-0.05, 0) is 13.3 Å².